The molecule has 0 spiro atoms. The Bertz CT molecular complexity index is 990. The summed E-state index contributed by atoms with van der Waals surface area (Å²) in [5.41, 5.74) is -5.48. The van der Waals surface area contributed by atoms with Crippen molar-refractivity contribution in [3.8, 4) is 0 Å². The topological polar surface area (TPSA) is 110 Å². The number of ketones is 2. The van der Waals surface area contributed by atoms with Crippen molar-refractivity contribution >= 4 is 17.5 Å². The number of aliphatic hydroxyl groups excluding tert-OH is 1. The van der Waals surface area contributed by atoms with E-state index in [1.807, 2.05) is 0 Å². The molecule has 194 valence electrons. The van der Waals surface area contributed by atoms with Gasteiger partial charge in [0, 0.05) is 23.4 Å². The van der Waals surface area contributed by atoms with Crippen molar-refractivity contribution in [2.75, 3.05) is 13.2 Å². The largest absolute Gasteiger partial charge is 0.456 e. The predicted octanol–water partition coefficient (Wildman–Crippen LogP) is 2.87. The Kier molecular flexibility index (Phi) is 6.43. The third-order valence-electron chi connectivity index (χ3n) is 9.74. The zero-order chi connectivity index (χ0) is 26.0. The molecule has 1 unspecified atom stereocenters. The Morgan fingerprint density at radius 2 is 1.97 bits per heavy atom. The number of Topliss-reactive ketones (excluding diaryl/α,β-unsaturated/α-hetero) is 1. The van der Waals surface area contributed by atoms with Crippen molar-refractivity contribution in [2.45, 2.75) is 83.8 Å². The van der Waals surface area contributed by atoms with Gasteiger partial charge in [-0.3, -0.25) is 9.59 Å². The van der Waals surface area contributed by atoms with Gasteiger partial charge in [-0.15, -0.1) is 0 Å². The third-order valence-corrected chi connectivity index (χ3v) is 9.74. The number of rotatable bonds is 6. The molecule has 4 rings (SSSR count). The number of alkyl halides is 1. The summed E-state index contributed by atoms with van der Waals surface area (Å²) in [5, 5.41) is 23.2. The fourth-order valence-corrected chi connectivity index (χ4v) is 7.82. The van der Waals surface area contributed by atoms with E-state index < -0.39 is 64.5 Å². The molecule has 0 aliphatic heterocycles. The summed E-state index contributed by atoms with van der Waals surface area (Å²) in [7, 11) is 0. The minimum atomic E-state index is -2.04. The number of carbonyl (C=O) groups excluding carboxylic acids is 3. The predicted molar refractivity (Wildman–Crippen MR) is 125 cm³/mol. The van der Waals surface area contributed by atoms with Crippen LogP contribution in [0.1, 0.15) is 60.3 Å². The molecule has 8 heteroatoms. The van der Waals surface area contributed by atoms with Crippen LogP contribution in [0, 0.1) is 28.6 Å². The molecular formula is C27H37FO7. The van der Waals surface area contributed by atoms with Crippen LogP contribution in [-0.4, -0.2) is 64.4 Å². The number of fused-ring (bicyclic) bond motifs is 5. The van der Waals surface area contributed by atoms with Gasteiger partial charge in [0.1, 0.15) is 5.60 Å². The molecule has 0 aromatic carbocycles. The molecular weight excluding hydrogens is 455 g/mol. The van der Waals surface area contributed by atoms with Crippen LogP contribution in [0.2, 0.25) is 0 Å². The highest BCUT2D eigenvalue weighted by molar-refractivity contribution is 6.01. The van der Waals surface area contributed by atoms with Crippen molar-refractivity contribution in [2.24, 2.45) is 28.6 Å². The first-order valence-electron chi connectivity index (χ1n) is 12.6. The number of esters is 1. The third kappa shape index (κ3) is 3.43. The Balaban J connectivity index is 1.64. The lowest BCUT2D eigenvalue weighted by Gasteiger charge is -2.62. The van der Waals surface area contributed by atoms with E-state index in [9.17, 15) is 24.6 Å². The van der Waals surface area contributed by atoms with E-state index in [4.69, 9.17) is 9.47 Å². The van der Waals surface area contributed by atoms with E-state index in [1.54, 1.807) is 33.8 Å². The second-order valence-corrected chi connectivity index (χ2v) is 11.3. The van der Waals surface area contributed by atoms with Crippen molar-refractivity contribution in [3.63, 3.8) is 0 Å². The van der Waals surface area contributed by atoms with E-state index in [-0.39, 0.29) is 18.1 Å². The molecule has 4 aliphatic rings. The fourth-order valence-electron chi connectivity index (χ4n) is 7.82. The molecule has 0 amide bonds. The Morgan fingerprint density at radius 1 is 1.29 bits per heavy atom. The van der Waals surface area contributed by atoms with Gasteiger partial charge in [-0.1, -0.05) is 25.5 Å². The van der Waals surface area contributed by atoms with Gasteiger partial charge in [0.15, 0.2) is 24.2 Å². The lowest BCUT2D eigenvalue weighted by molar-refractivity contribution is -0.220. The van der Waals surface area contributed by atoms with Gasteiger partial charge < -0.3 is 19.7 Å². The summed E-state index contributed by atoms with van der Waals surface area (Å²) in [5.74, 6) is -3.02. The number of allylic oxidation sites excluding steroid dienone is 4. The molecule has 0 heterocycles. The number of hydrogen-bond donors (Lipinski definition) is 2. The molecule has 2 N–H and O–H groups in total. The molecule has 9 atom stereocenters. The van der Waals surface area contributed by atoms with Gasteiger partial charge in [-0.2, -0.15) is 0 Å². The van der Waals surface area contributed by atoms with E-state index in [0.717, 1.165) is 0 Å². The highest BCUT2D eigenvalue weighted by Gasteiger charge is 2.75. The molecule has 3 fully saturated rings. The molecule has 0 aromatic heterocycles. The number of carbonyl (C=O) groups is 3. The van der Waals surface area contributed by atoms with Crippen LogP contribution < -0.4 is 0 Å². The molecule has 7 nitrogen and oxygen atoms in total. The summed E-state index contributed by atoms with van der Waals surface area (Å²) in [6.07, 6.45) is 3.34. The molecule has 35 heavy (non-hydrogen) atoms. The zero-order valence-corrected chi connectivity index (χ0v) is 21.2. The maximum absolute atomic E-state index is 17.2. The van der Waals surface area contributed by atoms with E-state index in [0.29, 0.717) is 31.4 Å². The molecule has 4 aliphatic carbocycles. The monoisotopic (exact) mass is 492 g/mol. The zero-order valence-electron chi connectivity index (χ0n) is 21.2. The minimum absolute atomic E-state index is 0.120. The fraction of sp³-hybridized carbons (Fsp3) is 0.741. The standard InChI is InChI=1S/C27H37FO7/c1-6-34-16(3)23(32)35-14-22(31)27(33)15(2)11-20-19-8-7-17-12-18(29)9-10-24(17,4)26(19,28)21(30)13-25(20,27)5/h9-10,12,15-16,19-21,30,33H,6-8,11,13-14H2,1-5H3/t15-,16?,19+,20+,21+,24+,25+,26+,27+/m1/s1. The summed E-state index contributed by atoms with van der Waals surface area (Å²) < 4.78 is 27.5. The van der Waals surface area contributed by atoms with Gasteiger partial charge in [-0.25, -0.2) is 9.18 Å². The first-order valence-corrected chi connectivity index (χ1v) is 12.6. The number of halogens is 1. The highest BCUT2D eigenvalue weighted by atomic mass is 19.1. The van der Waals surface area contributed by atoms with Crippen molar-refractivity contribution < 1.29 is 38.5 Å². The SMILES string of the molecule is CCOC(C)C(=O)OCC(=O)[C@@]1(O)[C@H](C)C[C@H]2[C@@H]3CCC4=CC(=O)C=C[C@]4(C)[C@@]3(F)[C@@H](O)C[C@@]21C. The van der Waals surface area contributed by atoms with Crippen LogP contribution in [0.3, 0.4) is 0 Å². The Hall–Kier alpha value is -1.90. The maximum atomic E-state index is 17.2. The van der Waals surface area contributed by atoms with E-state index >= 15 is 4.39 Å². The quantitative estimate of drug-likeness (QED) is 0.549. The van der Waals surface area contributed by atoms with Gasteiger partial charge in [0.25, 0.3) is 0 Å². The van der Waals surface area contributed by atoms with Crippen LogP contribution in [0.25, 0.3) is 0 Å². The highest BCUT2D eigenvalue weighted by Crippen LogP contribution is 2.70. The number of hydrogen-bond acceptors (Lipinski definition) is 7. The molecule has 0 aromatic rings. The van der Waals surface area contributed by atoms with Crippen LogP contribution in [0.4, 0.5) is 4.39 Å². The molecule has 0 radical (unpaired) electrons. The second-order valence-electron chi connectivity index (χ2n) is 11.3. The van der Waals surface area contributed by atoms with Gasteiger partial charge in [0.05, 0.1) is 6.10 Å². The van der Waals surface area contributed by atoms with Crippen molar-refractivity contribution in [1.82, 2.24) is 0 Å². The normalized spacial score (nSPS) is 45.1. The summed E-state index contributed by atoms with van der Waals surface area (Å²) >= 11 is 0. The Morgan fingerprint density at radius 3 is 2.63 bits per heavy atom. The van der Waals surface area contributed by atoms with E-state index in [2.05, 4.69) is 0 Å². The first-order chi connectivity index (χ1) is 16.3. The van der Waals surface area contributed by atoms with Gasteiger partial charge in [0.2, 0.25) is 5.78 Å². The average molecular weight is 493 g/mol. The second kappa shape index (κ2) is 8.60. The van der Waals surface area contributed by atoms with Crippen LogP contribution in [-0.2, 0) is 23.9 Å². The van der Waals surface area contributed by atoms with Crippen molar-refractivity contribution in [3.05, 3.63) is 23.8 Å². The Labute approximate surface area is 205 Å². The van der Waals surface area contributed by atoms with Gasteiger partial charge in [-0.05, 0) is 70.4 Å². The van der Waals surface area contributed by atoms with Crippen LogP contribution >= 0.6 is 0 Å². The number of aliphatic hydroxyl groups is 2. The van der Waals surface area contributed by atoms with Gasteiger partial charge >= 0.3 is 5.97 Å². The molecule has 3 saturated carbocycles. The average Bonchev–Trinajstić information content (AvgIpc) is 3.00. The lowest BCUT2D eigenvalue weighted by Crippen LogP contribution is -2.69. The van der Waals surface area contributed by atoms with Crippen molar-refractivity contribution in [1.29, 1.82) is 0 Å². The summed E-state index contributed by atoms with van der Waals surface area (Å²) in [4.78, 5) is 37.5. The summed E-state index contributed by atoms with van der Waals surface area (Å²) in [6, 6.07) is 0. The number of ether oxygens (including phenoxy) is 2. The molecule has 0 bridgehead atoms. The first kappa shape index (κ1) is 26.2. The lowest BCUT2D eigenvalue weighted by atomic mass is 9.44. The summed E-state index contributed by atoms with van der Waals surface area (Å²) in [6.45, 7) is 8.20. The van der Waals surface area contributed by atoms with Crippen LogP contribution in [0.5, 0.6) is 0 Å². The van der Waals surface area contributed by atoms with E-state index in [1.165, 1.54) is 19.1 Å². The minimum Gasteiger partial charge on any atom is -0.456 e. The maximum Gasteiger partial charge on any atom is 0.335 e. The smallest absolute Gasteiger partial charge is 0.335 e. The van der Waals surface area contributed by atoms with Crippen LogP contribution in [0.15, 0.2) is 23.8 Å². The molecule has 0 saturated heterocycles.